The number of hydrogen-bond donors (Lipinski definition) is 0. The predicted octanol–water partition coefficient (Wildman–Crippen LogP) is 1.78. The quantitative estimate of drug-likeness (QED) is 0.839. The van der Waals surface area contributed by atoms with Crippen molar-refractivity contribution in [2.24, 2.45) is 0 Å². The summed E-state index contributed by atoms with van der Waals surface area (Å²) >= 11 is 0. The summed E-state index contributed by atoms with van der Waals surface area (Å²) < 4.78 is 43.6. The molecular weight excluding hydrogens is 339 g/mol. The summed E-state index contributed by atoms with van der Waals surface area (Å²) in [6.45, 7) is 3.53. The first-order valence-corrected chi connectivity index (χ1v) is 7.70. The fourth-order valence-corrected chi connectivity index (χ4v) is 2.49. The van der Waals surface area contributed by atoms with Gasteiger partial charge in [0.2, 0.25) is 11.7 Å². The van der Waals surface area contributed by atoms with Crippen molar-refractivity contribution in [1.82, 2.24) is 25.1 Å². The third-order valence-electron chi connectivity index (χ3n) is 3.90. The summed E-state index contributed by atoms with van der Waals surface area (Å²) in [5.41, 5.74) is -0.606. The van der Waals surface area contributed by atoms with E-state index in [0.717, 1.165) is 16.9 Å². The van der Waals surface area contributed by atoms with Crippen LogP contribution >= 0.6 is 0 Å². The first kappa shape index (κ1) is 17.3. The molecule has 1 aromatic carbocycles. The van der Waals surface area contributed by atoms with Crippen LogP contribution in [0.2, 0.25) is 0 Å². The van der Waals surface area contributed by atoms with Crippen molar-refractivity contribution in [2.75, 3.05) is 26.3 Å². The molecule has 0 spiro atoms. The molecule has 10 heteroatoms. The first-order valence-electron chi connectivity index (χ1n) is 7.70. The summed E-state index contributed by atoms with van der Waals surface area (Å²) in [5, 5.41) is 11.7. The van der Waals surface area contributed by atoms with E-state index in [1.165, 1.54) is 12.1 Å². The van der Waals surface area contributed by atoms with Gasteiger partial charge < -0.3 is 9.64 Å². The molecule has 1 aromatic heterocycles. The van der Waals surface area contributed by atoms with E-state index >= 15 is 0 Å². The Morgan fingerprint density at radius 3 is 2.68 bits per heavy atom. The molecule has 0 saturated carbocycles. The molecule has 1 aliphatic heterocycles. The van der Waals surface area contributed by atoms with E-state index in [0.29, 0.717) is 26.3 Å². The minimum atomic E-state index is -4.45. The molecule has 0 radical (unpaired) electrons. The Bertz CT molecular complexity index is 756. The van der Waals surface area contributed by atoms with Crippen molar-refractivity contribution in [3.8, 4) is 11.4 Å². The van der Waals surface area contributed by atoms with Crippen LogP contribution in [0.15, 0.2) is 24.3 Å². The molecule has 3 rings (SSSR count). The van der Waals surface area contributed by atoms with Gasteiger partial charge in [-0.3, -0.25) is 4.79 Å². The number of halogens is 3. The van der Waals surface area contributed by atoms with Crippen molar-refractivity contribution in [2.45, 2.75) is 19.1 Å². The highest BCUT2D eigenvalue weighted by Crippen LogP contribution is 2.31. The molecule has 0 N–H and O–H groups in total. The highest BCUT2D eigenvalue weighted by Gasteiger charge is 2.31. The van der Waals surface area contributed by atoms with Crippen LogP contribution in [0.3, 0.4) is 0 Å². The molecule has 1 saturated heterocycles. The number of carbonyl (C=O) groups excluding carboxylic acids is 1. The Balaban J connectivity index is 1.79. The zero-order valence-electron chi connectivity index (χ0n) is 13.4. The van der Waals surface area contributed by atoms with Crippen molar-refractivity contribution in [3.63, 3.8) is 0 Å². The van der Waals surface area contributed by atoms with Crippen molar-refractivity contribution in [1.29, 1.82) is 0 Å². The van der Waals surface area contributed by atoms with Crippen molar-refractivity contribution < 1.29 is 22.7 Å². The van der Waals surface area contributed by atoms with Crippen LogP contribution in [0.1, 0.15) is 18.5 Å². The Morgan fingerprint density at radius 1 is 1.28 bits per heavy atom. The summed E-state index contributed by atoms with van der Waals surface area (Å²) in [6.07, 6.45) is -4.45. The second-order valence-corrected chi connectivity index (χ2v) is 5.63. The number of carbonyl (C=O) groups is 1. The summed E-state index contributed by atoms with van der Waals surface area (Å²) in [6, 6.07) is 3.96. The molecule has 1 fully saturated rings. The van der Waals surface area contributed by atoms with Crippen LogP contribution in [0.5, 0.6) is 0 Å². The monoisotopic (exact) mass is 355 g/mol. The van der Waals surface area contributed by atoms with Crippen molar-refractivity contribution >= 4 is 5.91 Å². The van der Waals surface area contributed by atoms with E-state index in [1.54, 1.807) is 11.8 Å². The molecule has 7 nitrogen and oxygen atoms in total. The lowest BCUT2D eigenvalue weighted by Gasteiger charge is -2.28. The van der Waals surface area contributed by atoms with E-state index in [1.807, 2.05) is 0 Å². The van der Waals surface area contributed by atoms with E-state index in [-0.39, 0.29) is 17.3 Å². The fourth-order valence-electron chi connectivity index (χ4n) is 2.49. The van der Waals surface area contributed by atoms with Gasteiger partial charge in [0.05, 0.1) is 18.8 Å². The Labute approximate surface area is 141 Å². The smallest absolute Gasteiger partial charge is 0.378 e. The molecule has 134 valence electrons. The van der Waals surface area contributed by atoms with Gasteiger partial charge in [-0.2, -0.15) is 18.0 Å². The lowest BCUT2D eigenvalue weighted by atomic mass is 10.1. The number of morpholine rings is 1. The third-order valence-corrected chi connectivity index (χ3v) is 3.90. The molecule has 1 atom stereocenters. The number of rotatable bonds is 3. The number of ether oxygens (including phenoxy) is 1. The Hall–Kier alpha value is -2.49. The topological polar surface area (TPSA) is 73.1 Å². The third kappa shape index (κ3) is 3.78. The maximum Gasteiger partial charge on any atom is 0.416 e. The maximum atomic E-state index is 12.8. The van der Waals surface area contributed by atoms with Gasteiger partial charge in [-0.05, 0) is 24.3 Å². The molecule has 25 heavy (non-hydrogen) atoms. The van der Waals surface area contributed by atoms with Gasteiger partial charge in [0, 0.05) is 18.7 Å². The second-order valence-electron chi connectivity index (χ2n) is 5.63. The normalized spacial score (nSPS) is 16.7. The Kier molecular flexibility index (Phi) is 4.71. The van der Waals surface area contributed by atoms with Gasteiger partial charge in [0.1, 0.15) is 6.04 Å². The molecule has 2 aromatic rings. The van der Waals surface area contributed by atoms with E-state index in [2.05, 4.69) is 15.4 Å². The van der Waals surface area contributed by atoms with Gasteiger partial charge >= 0.3 is 6.18 Å². The lowest BCUT2D eigenvalue weighted by Crippen LogP contribution is -2.44. The average Bonchev–Trinajstić information content (AvgIpc) is 3.11. The predicted molar refractivity (Wildman–Crippen MR) is 80.4 cm³/mol. The van der Waals surface area contributed by atoms with Gasteiger partial charge in [0.25, 0.3) is 0 Å². The molecule has 0 bridgehead atoms. The summed E-state index contributed by atoms with van der Waals surface area (Å²) in [7, 11) is 0. The molecule has 1 amide bonds. The first-order chi connectivity index (χ1) is 11.9. The van der Waals surface area contributed by atoms with Crippen LogP contribution in [-0.2, 0) is 15.7 Å². The van der Waals surface area contributed by atoms with Gasteiger partial charge in [-0.1, -0.05) is 12.1 Å². The molecule has 2 heterocycles. The number of aromatic nitrogens is 4. The minimum absolute atomic E-state index is 0.0349. The standard InChI is InChI=1S/C15H16F3N5O2/c1-10(14(24)22-5-7-25-8-6-22)23-20-13(19-21-23)11-3-2-4-12(9-11)15(16,17)18/h2-4,9-10H,5-8H2,1H3. The maximum absolute atomic E-state index is 12.8. The van der Waals surface area contributed by atoms with Gasteiger partial charge in [-0.25, -0.2) is 0 Å². The average molecular weight is 355 g/mol. The largest absolute Gasteiger partial charge is 0.416 e. The molecule has 1 aliphatic rings. The number of benzene rings is 1. The lowest BCUT2D eigenvalue weighted by molar-refractivity contribution is -0.139. The Morgan fingerprint density at radius 2 is 2.00 bits per heavy atom. The van der Waals surface area contributed by atoms with Crippen LogP contribution in [0.25, 0.3) is 11.4 Å². The van der Waals surface area contributed by atoms with E-state index in [4.69, 9.17) is 4.74 Å². The van der Waals surface area contributed by atoms with Gasteiger partial charge in [0.15, 0.2) is 0 Å². The summed E-state index contributed by atoms with van der Waals surface area (Å²) in [5.74, 6) is -0.149. The highest BCUT2D eigenvalue weighted by atomic mass is 19.4. The number of nitrogens with zero attached hydrogens (tertiary/aromatic N) is 5. The minimum Gasteiger partial charge on any atom is -0.378 e. The molecule has 0 aliphatic carbocycles. The van der Waals surface area contributed by atoms with Crippen LogP contribution < -0.4 is 0 Å². The number of amides is 1. The number of hydrogen-bond acceptors (Lipinski definition) is 5. The SMILES string of the molecule is CC(C(=O)N1CCOCC1)n1nnc(-c2cccc(C(F)(F)F)c2)n1. The van der Waals surface area contributed by atoms with Crippen LogP contribution in [-0.4, -0.2) is 57.3 Å². The molecular formula is C15H16F3N5O2. The van der Waals surface area contributed by atoms with E-state index in [9.17, 15) is 18.0 Å². The van der Waals surface area contributed by atoms with Crippen LogP contribution in [0, 0.1) is 0 Å². The zero-order chi connectivity index (χ0) is 18.0. The molecule has 1 unspecified atom stereocenters. The zero-order valence-corrected chi connectivity index (χ0v) is 13.4. The van der Waals surface area contributed by atoms with Gasteiger partial charge in [-0.15, -0.1) is 10.2 Å². The second kappa shape index (κ2) is 6.79. The number of tetrazole rings is 1. The van der Waals surface area contributed by atoms with E-state index < -0.39 is 17.8 Å². The highest BCUT2D eigenvalue weighted by molar-refractivity contribution is 5.80. The fraction of sp³-hybridized carbons (Fsp3) is 0.467. The summed E-state index contributed by atoms with van der Waals surface area (Å²) in [4.78, 5) is 15.2. The number of alkyl halides is 3. The van der Waals surface area contributed by atoms with Crippen LogP contribution in [0.4, 0.5) is 13.2 Å². The van der Waals surface area contributed by atoms with Crippen molar-refractivity contribution in [3.05, 3.63) is 29.8 Å².